The number of carbonyl (C=O) groups excluding carboxylic acids is 1. The number of aromatic nitrogens is 1. The number of nitrogens with one attached hydrogen (secondary N) is 1. The average molecular weight is 422 g/mol. The third-order valence-electron chi connectivity index (χ3n) is 5.37. The monoisotopic (exact) mass is 422 g/mol. The molecule has 0 aliphatic carbocycles. The standard InChI is InChI=1S/C27H22N2O3/c1-2-18-7-12-23(13-8-18)31-17-26(30)28-22-11-14-25-24(16-22)29-27(32-25)21-10-9-19-5-3-4-6-20(19)15-21/h3-16H,2,17H2,1H3,(H,28,30). The second-order valence-electron chi connectivity index (χ2n) is 7.60. The number of aryl methyl sites for hydroxylation is 1. The van der Waals surface area contributed by atoms with Crippen molar-refractivity contribution < 1.29 is 13.9 Å². The van der Waals surface area contributed by atoms with E-state index in [0.717, 1.165) is 17.4 Å². The van der Waals surface area contributed by atoms with Gasteiger partial charge in [-0.25, -0.2) is 4.98 Å². The van der Waals surface area contributed by atoms with E-state index in [2.05, 4.69) is 41.5 Å². The van der Waals surface area contributed by atoms with E-state index >= 15 is 0 Å². The zero-order valence-electron chi connectivity index (χ0n) is 17.7. The molecule has 1 heterocycles. The van der Waals surface area contributed by atoms with Crippen LogP contribution in [0.2, 0.25) is 0 Å². The molecule has 0 spiro atoms. The molecule has 5 heteroatoms. The van der Waals surface area contributed by atoms with Crippen molar-refractivity contribution >= 4 is 33.5 Å². The molecule has 5 rings (SSSR count). The summed E-state index contributed by atoms with van der Waals surface area (Å²) < 4.78 is 11.5. The molecule has 0 unspecified atom stereocenters. The van der Waals surface area contributed by atoms with Crippen LogP contribution < -0.4 is 10.1 Å². The van der Waals surface area contributed by atoms with Crippen LogP contribution in [0.5, 0.6) is 5.75 Å². The summed E-state index contributed by atoms with van der Waals surface area (Å²) in [4.78, 5) is 16.9. The van der Waals surface area contributed by atoms with Gasteiger partial charge in [0.25, 0.3) is 5.91 Å². The highest BCUT2D eigenvalue weighted by atomic mass is 16.5. The maximum absolute atomic E-state index is 12.3. The molecule has 0 radical (unpaired) electrons. The van der Waals surface area contributed by atoms with Gasteiger partial charge in [0.1, 0.15) is 11.3 Å². The Morgan fingerprint density at radius 2 is 1.75 bits per heavy atom. The fourth-order valence-electron chi connectivity index (χ4n) is 3.62. The van der Waals surface area contributed by atoms with Gasteiger partial charge in [-0.2, -0.15) is 0 Å². The second kappa shape index (κ2) is 8.55. The van der Waals surface area contributed by atoms with Gasteiger partial charge in [-0.15, -0.1) is 0 Å². The minimum Gasteiger partial charge on any atom is -0.484 e. The molecule has 0 atom stereocenters. The Morgan fingerprint density at radius 3 is 2.56 bits per heavy atom. The molecular formula is C27H22N2O3. The lowest BCUT2D eigenvalue weighted by molar-refractivity contribution is -0.118. The summed E-state index contributed by atoms with van der Waals surface area (Å²) in [5.74, 6) is 0.986. The molecule has 0 fully saturated rings. The molecule has 0 aliphatic heterocycles. The highest BCUT2D eigenvalue weighted by Gasteiger charge is 2.11. The van der Waals surface area contributed by atoms with Crippen molar-refractivity contribution in [3.63, 3.8) is 0 Å². The highest BCUT2D eigenvalue weighted by Crippen LogP contribution is 2.28. The number of oxazole rings is 1. The number of carbonyl (C=O) groups is 1. The van der Waals surface area contributed by atoms with E-state index < -0.39 is 0 Å². The summed E-state index contributed by atoms with van der Waals surface area (Å²) >= 11 is 0. The predicted octanol–water partition coefficient (Wildman–Crippen LogP) is 6.23. The van der Waals surface area contributed by atoms with Gasteiger partial charge in [0.15, 0.2) is 12.2 Å². The van der Waals surface area contributed by atoms with Gasteiger partial charge in [0.2, 0.25) is 5.89 Å². The number of nitrogens with zero attached hydrogens (tertiary/aromatic N) is 1. The van der Waals surface area contributed by atoms with Gasteiger partial charge in [-0.3, -0.25) is 4.79 Å². The Labute approximate surface area is 185 Å². The number of anilines is 1. The fraction of sp³-hybridized carbons (Fsp3) is 0.111. The van der Waals surface area contributed by atoms with Crippen molar-refractivity contribution in [3.8, 4) is 17.2 Å². The SMILES string of the molecule is CCc1ccc(OCC(=O)Nc2ccc3oc(-c4ccc5ccccc5c4)nc3c2)cc1. The maximum atomic E-state index is 12.3. The Balaban J connectivity index is 1.29. The molecule has 0 bridgehead atoms. The quantitative estimate of drug-likeness (QED) is 0.352. The van der Waals surface area contributed by atoms with Crippen LogP contribution in [0.4, 0.5) is 5.69 Å². The lowest BCUT2D eigenvalue weighted by Crippen LogP contribution is -2.20. The van der Waals surface area contributed by atoms with Crippen LogP contribution >= 0.6 is 0 Å². The number of rotatable bonds is 6. The van der Waals surface area contributed by atoms with E-state index in [0.29, 0.717) is 28.4 Å². The van der Waals surface area contributed by atoms with Crippen LogP contribution in [0, 0.1) is 0 Å². The van der Waals surface area contributed by atoms with Crippen LogP contribution in [-0.4, -0.2) is 17.5 Å². The van der Waals surface area contributed by atoms with Crippen LogP contribution in [0.25, 0.3) is 33.3 Å². The van der Waals surface area contributed by atoms with Gasteiger partial charge >= 0.3 is 0 Å². The minimum absolute atomic E-state index is 0.0648. The Morgan fingerprint density at radius 1 is 0.938 bits per heavy atom. The minimum atomic E-state index is -0.234. The maximum Gasteiger partial charge on any atom is 0.262 e. The molecule has 5 aromatic rings. The summed E-state index contributed by atoms with van der Waals surface area (Å²) in [6, 6.07) is 27.5. The molecule has 0 saturated carbocycles. The van der Waals surface area contributed by atoms with E-state index in [9.17, 15) is 4.79 Å². The number of fused-ring (bicyclic) bond motifs is 2. The Kier molecular flexibility index (Phi) is 5.30. The van der Waals surface area contributed by atoms with Crippen molar-refractivity contribution in [2.24, 2.45) is 0 Å². The van der Waals surface area contributed by atoms with Gasteiger partial charge in [0, 0.05) is 11.3 Å². The van der Waals surface area contributed by atoms with Crippen LogP contribution in [0.15, 0.2) is 89.3 Å². The third-order valence-corrected chi connectivity index (χ3v) is 5.37. The van der Waals surface area contributed by atoms with Crippen LogP contribution in [0.3, 0.4) is 0 Å². The fourth-order valence-corrected chi connectivity index (χ4v) is 3.62. The summed E-state index contributed by atoms with van der Waals surface area (Å²) in [7, 11) is 0. The number of hydrogen-bond donors (Lipinski definition) is 1. The summed E-state index contributed by atoms with van der Waals surface area (Å²) in [5.41, 5.74) is 4.13. The average Bonchev–Trinajstić information content (AvgIpc) is 3.26. The second-order valence-corrected chi connectivity index (χ2v) is 7.60. The van der Waals surface area contributed by atoms with Gasteiger partial charge < -0.3 is 14.5 Å². The molecule has 0 saturated heterocycles. The molecular weight excluding hydrogens is 400 g/mol. The van der Waals surface area contributed by atoms with E-state index in [1.165, 1.54) is 10.9 Å². The first-order valence-corrected chi connectivity index (χ1v) is 10.6. The number of ether oxygens (including phenoxy) is 1. The van der Waals surface area contributed by atoms with Crippen molar-refractivity contribution in [2.75, 3.05) is 11.9 Å². The smallest absolute Gasteiger partial charge is 0.262 e. The first-order chi connectivity index (χ1) is 15.7. The number of amides is 1. The van der Waals surface area contributed by atoms with Gasteiger partial charge in [0.05, 0.1) is 0 Å². The van der Waals surface area contributed by atoms with Crippen molar-refractivity contribution in [1.29, 1.82) is 0 Å². The summed E-state index contributed by atoms with van der Waals surface area (Å²) in [6.45, 7) is 2.03. The van der Waals surface area contributed by atoms with E-state index in [1.54, 1.807) is 12.1 Å². The molecule has 1 N–H and O–H groups in total. The Bertz CT molecular complexity index is 1400. The zero-order chi connectivity index (χ0) is 21.9. The van der Waals surface area contributed by atoms with E-state index in [4.69, 9.17) is 9.15 Å². The molecule has 4 aromatic carbocycles. The highest BCUT2D eigenvalue weighted by molar-refractivity contribution is 5.94. The molecule has 5 nitrogen and oxygen atoms in total. The van der Waals surface area contributed by atoms with Crippen molar-refractivity contribution in [3.05, 3.63) is 90.5 Å². The van der Waals surface area contributed by atoms with Crippen molar-refractivity contribution in [2.45, 2.75) is 13.3 Å². The third kappa shape index (κ3) is 4.18. The van der Waals surface area contributed by atoms with Crippen molar-refractivity contribution in [1.82, 2.24) is 4.98 Å². The topological polar surface area (TPSA) is 64.4 Å². The first-order valence-electron chi connectivity index (χ1n) is 10.6. The normalized spacial score (nSPS) is 11.0. The molecule has 1 aromatic heterocycles. The van der Waals surface area contributed by atoms with Crippen LogP contribution in [-0.2, 0) is 11.2 Å². The van der Waals surface area contributed by atoms with Crippen LogP contribution in [0.1, 0.15) is 12.5 Å². The van der Waals surface area contributed by atoms with E-state index in [-0.39, 0.29) is 12.5 Å². The van der Waals surface area contributed by atoms with E-state index in [1.807, 2.05) is 48.5 Å². The number of benzene rings is 4. The predicted molar refractivity (Wildman–Crippen MR) is 127 cm³/mol. The largest absolute Gasteiger partial charge is 0.484 e. The summed E-state index contributed by atoms with van der Waals surface area (Å²) in [5, 5.41) is 5.15. The van der Waals surface area contributed by atoms with Gasteiger partial charge in [-0.1, -0.05) is 49.4 Å². The molecule has 158 valence electrons. The zero-order valence-corrected chi connectivity index (χ0v) is 17.7. The number of hydrogen-bond acceptors (Lipinski definition) is 4. The van der Waals surface area contributed by atoms with Gasteiger partial charge in [-0.05, 0) is 65.2 Å². The first kappa shape index (κ1) is 19.8. The molecule has 32 heavy (non-hydrogen) atoms. The molecule has 1 amide bonds. The summed E-state index contributed by atoms with van der Waals surface area (Å²) in [6.07, 6.45) is 0.966. The lowest BCUT2D eigenvalue weighted by atomic mass is 10.1. The molecule has 0 aliphatic rings. The lowest BCUT2D eigenvalue weighted by Gasteiger charge is -2.08. The Hall–Kier alpha value is -4.12.